The summed E-state index contributed by atoms with van der Waals surface area (Å²) in [6, 6.07) is 6.89. The van der Waals surface area contributed by atoms with Crippen molar-refractivity contribution in [2.75, 3.05) is 0 Å². The van der Waals surface area contributed by atoms with E-state index in [9.17, 15) is 4.79 Å². The molecule has 0 fully saturated rings. The Hall–Kier alpha value is -1.57. The highest BCUT2D eigenvalue weighted by Crippen LogP contribution is 2.15. The van der Waals surface area contributed by atoms with Crippen LogP contribution in [0.5, 0.6) is 0 Å². The summed E-state index contributed by atoms with van der Waals surface area (Å²) in [5.74, 6) is 0. The van der Waals surface area contributed by atoms with Gasteiger partial charge < -0.3 is 4.98 Å². The molecule has 1 aliphatic heterocycles. The lowest BCUT2D eigenvalue weighted by Crippen LogP contribution is -1.97. The van der Waals surface area contributed by atoms with Gasteiger partial charge in [0.15, 0.2) is 5.43 Å². The first kappa shape index (κ1) is 6.16. The van der Waals surface area contributed by atoms with Crippen LogP contribution in [0.15, 0.2) is 41.5 Å². The van der Waals surface area contributed by atoms with Gasteiger partial charge >= 0.3 is 0 Å². The van der Waals surface area contributed by atoms with E-state index in [1.165, 1.54) is 0 Å². The molecule has 0 aromatic carbocycles. The highest BCUT2D eigenvalue weighted by molar-refractivity contribution is 5.62. The van der Waals surface area contributed by atoms with Crippen LogP contribution in [0, 0.1) is 0 Å². The van der Waals surface area contributed by atoms with Crippen LogP contribution in [-0.2, 0) is 0 Å². The van der Waals surface area contributed by atoms with Gasteiger partial charge in [-0.1, -0.05) is 0 Å². The molecule has 0 bridgehead atoms. The van der Waals surface area contributed by atoms with E-state index in [4.69, 9.17) is 0 Å². The van der Waals surface area contributed by atoms with Gasteiger partial charge in [-0.3, -0.25) is 4.79 Å². The molecule has 1 aliphatic carbocycles. The van der Waals surface area contributed by atoms with Crippen molar-refractivity contribution in [1.29, 1.82) is 0 Å². The van der Waals surface area contributed by atoms with E-state index in [1.807, 2.05) is 24.5 Å². The van der Waals surface area contributed by atoms with Crippen molar-refractivity contribution in [3.8, 4) is 11.1 Å². The molecule has 2 nitrogen and oxygen atoms in total. The molecule has 0 atom stereocenters. The number of benzene rings is 1. The van der Waals surface area contributed by atoms with Gasteiger partial charge in [-0.25, -0.2) is 0 Å². The average molecular weight is 145 g/mol. The lowest BCUT2D eigenvalue weighted by Gasteiger charge is -2.00. The van der Waals surface area contributed by atoms with E-state index in [0.29, 0.717) is 0 Å². The van der Waals surface area contributed by atoms with Gasteiger partial charge in [0.1, 0.15) is 0 Å². The maximum atomic E-state index is 10.9. The third-order valence-corrected chi connectivity index (χ3v) is 1.66. The first-order chi connectivity index (χ1) is 5.36. The summed E-state index contributed by atoms with van der Waals surface area (Å²) >= 11 is 0. The van der Waals surface area contributed by atoms with Gasteiger partial charge in [0.25, 0.3) is 0 Å². The monoisotopic (exact) mass is 145 g/mol. The summed E-state index contributed by atoms with van der Waals surface area (Å²) < 4.78 is 0. The Morgan fingerprint density at radius 1 is 1.09 bits per heavy atom. The molecule has 1 heterocycles. The van der Waals surface area contributed by atoms with Gasteiger partial charge in [0.2, 0.25) is 0 Å². The first-order valence-corrected chi connectivity index (χ1v) is 3.43. The largest absolute Gasteiger partial charge is 0.367 e. The smallest absolute Gasteiger partial charge is 0.179 e. The van der Waals surface area contributed by atoms with Crippen molar-refractivity contribution < 1.29 is 0 Å². The Balaban J connectivity index is 2.84. The zero-order chi connectivity index (χ0) is 7.68. The number of aromatic nitrogens is 1. The number of hydrogen-bond donors (Lipinski definition) is 1. The topological polar surface area (TPSA) is 32.9 Å². The predicted octanol–water partition coefficient (Wildman–Crippen LogP) is 1.48. The zero-order valence-electron chi connectivity index (χ0n) is 5.87. The van der Waals surface area contributed by atoms with E-state index < -0.39 is 0 Å². The van der Waals surface area contributed by atoms with Crippen LogP contribution in [0.4, 0.5) is 0 Å². The van der Waals surface area contributed by atoms with Crippen LogP contribution >= 0.6 is 0 Å². The highest BCUT2D eigenvalue weighted by atomic mass is 16.1. The van der Waals surface area contributed by atoms with E-state index in [1.54, 1.807) is 12.1 Å². The van der Waals surface area contributed by atoms with Crippen molar-refractivity contribution in [3.05, 3.63) is 46.9 Å². The number of H-pyrrole nitrogens is 1. The average Bonchev–Trinajstić information content (AvgIpc) is 2.04. The molecule has 0 aromatic rings. The van der Waals surface area contributed by atoms with E-state index in [-0.39, 0.29) is 5.43 Å². The molecule has 0 spiro atoms. The van der Waals surface area contributed by atoms with Crippen molar-refractivity contribution in [1.82, 2.24) is 4.98 Å². The Morgan fingerprint density at radius 2 is 2.00 bits per heavy atom. The third kappa shape index (κ3) is 1.03. The number of hydrogen-bond acceptors (Lipinski definition) is 1. The van der Waals surface area contributed by atoms with Crippen LogP contribution in [0.1, 0.15) is 0 Å². The van der Waals surface area contributed by atoms with Gasteiger partial charge in [0.05, 0.1) is 0 Å². The fourth-order valence-corrected chi connectivity index (χ4v) is 1.10. The summed E-state index contributed by atoms with van der Waals surface area (Å²) in [5, 5.41) is 0. The fourth-order valence-electron chi connectivity index (χ4n) is 1.10. The molecule has 0 saturated heterocycles. The standard InChI is InChI=1S/C9H7NO/c11-9-2-1-8-6-10-4-3-7(8)5-9/h1-6,10H. The van der Waals surface area contributed by atoms with Crippen LogP contribution in [-0.4, -0.2) is 4.98 Å². The lowest BCUT2D eigenvalue weighted by atomic mass is 10.1. The molecule has 2 rings (SSSR count). The van der Waals surface area contributed by atoms with E-state index in [0.717, 1.165) is 11.1 Å². The summed E-state index contributed by atoms with van der Waals surface area (Å²) in [7, 11) is 0. The van der Waals surface area contributed by atoms with Crippen molar-refractivity contribution in [2.45, 2.75) is 0 Å². The Labute approximate surface area is 63.8 Å². The number of pyridine rings is 1. The van der Waals surface area contributed by atoms with Crippen LogP contribution in [0.2, 0.25) is 0 Å². The maximum Gasteiger partial charge on any atom is 0.179 e. The predicted molar refractivity (Wildman–Crippen MR) is 43.7 cm³/mol. The quantitative estimate of drug-likeness (QED) is 0.598. The number of nitrogens with one attached hydrogen (secondary N) is 1. The van der Waals surface area contributed by atoms with E-state index in [2.05, 4.69) is 4.98 Å². The number of aromatic amines is 1. The maximum absolute atomic E-state index is 10.9. The number of rotatable bonds is 0. The van der Waals surface area contributed by atoms with Crippen LogP contribution in [0.25, 0.3) is 11.1 Å². The molecule has 2 aliphatic rings. The molecule has 54 valence electrons. The van der Waals surface area contributed by atoms with E-state index >= 15 is 0 Å². The SMILES string of the molecule is O=c1ccc2c[nH]ccc-2c1. The van der Waals surface area contributed by atoms with Gasteiger partial charge in [-0.05, 0) is 35.4 Å². The van der Waals surface area contributed by atoms with Crippen molar-refractivity contribution in [2.24, 2.45) is 0 Å². The minimum atomic E-state index is 0.0590. The molecule has 0 unspecified atom stereocenters. The second-order valence-electron chi connectivity index (χ2n) is 2.44. The number of fused-ring (bicyclic) bond motifs is 1. The molecule has 0 saturated carbocycles. The van der Waals surface area contributed by atoms with Crippen LogP contribution < -0.4 is 5.43 Å². The van der Waals surface area contributed by atoms with Gasteiger partial charge in [-0.2, -0.15) is 0 Å². The fraction of sp³-hybridized carbons (Fsp3) is 0. The van der Waals surface area contributed by atoms with Gasteiger partial charge in [0, 0.05) is 12.4 Å². The molecular formula is C9H7NO. The zero-order valence-corrected chi connectivity index (χ0v) is 5.87. The molecule has 0 radical (unpaired) electrons. The molecule has 0 amide bonds. The normalized spacial score (nSPS) is 10.2. The van der Waals surface area contributed by atoms with Gasteiger partial charge in [-0.15, -0.1) is 0 Å². The molecular weight excluding hydrogens is 138 g/mol. The summed E-state index contributed by atoms with van der Waals surface area (Å²) in [6.07, 6.45) is 3.68. The summed E-state index contributed by atoms with van der Waals surface area (Å²) in [5.41, 5.74) is 2.10. The summed E-state index contributed by atoms with van der Waals surface area (Å²) in [6.45, 7) is 0. The molecule has 2 heteroatoms. The lowest BCUT2D eigenvalue weighted by molar-refractivity contribution is 1.32. The summed E-state index contributed by atoms with van der Waals surface area (Å²) in [4.78, 5) is 13.8. The Bertz CT molecular complexity index is 391. The molecule has 0 aromatic heterocycles. The van der Waals surface area contributed by atoms with Crippen molar-refractivity contribution >= 4 is 0 Å². The Morgan fingerprint density at radius 3 is 2.91 bits per heavy atom. The second kappa shape index (κ2) is 2.23. The van der Waals surface area contributed by atoms with Crippen LogP contribution in [0.3, 0.4) is 0 Å². The minimum absolute atomic E-state index is 0.0590. The Kier molecular flexibility index (Phi) is 1.25. The first-order valence-electron chi connectivity index (χ1n) is 3.43. The second-order valence-corrected chi connectivity index (χ2v) is 2.44. The molecule has 11 heavy (non-hydrogen) atoms. The van der Waals surface area contributed by atoms with Crippen molar-refractivity contribution in [3.63, 3.8) is 0 Å². The third-order valence-electron chi connectivity index (χ3n) is 1.66. The highest BCUT2D eigenvalue weighted by Gasteiger charge is 1.97. The molecule has 1 N–H and O–H groups in total. The minimum Gasteiger partial charge on any atom is -0.367 e.